The smallest absolute Gasteiger partial charge is 0.237 e. The minimum atomic E-state index is 0.125. The Morgan fingerprint density at radius 1 is 1.41 bits per heavy atom. The van der Waals surface area contributed by atoms with E-state index < -0.39 is 0 Å². The molecule has 1 aliphatic heterocycles. The average Bonchev–Trinajstić information content (AvgIpc) is 3.16. The number of aromatic nitrogens is 3. The minimum absolute atomic E-state index is 0.125. The zero-order chi connectivity index (χ0) is 15.1. The highest BCUT2D eigenvalue weighted by atomic mass is 32.2. The Hall–Kier alpha value is -1.82. The van der Waals surface area contributed by atoms with Crippen LogP contribution in [0, 0.1) is 0 Å². The van der Waals surface area contributed by atoms with Gasteiger partial charge in [-0.05, 0) is 37.8 Å². The number of para-hydroxylation sites is 1. The lowest BCUT2D eigenvalue weighted by Crippen LogP contribution is -2.37. The fourth-order valence-corrected chi connectivity index (χ4v) is 3.67. The summed E-state index contributed by atoms with van der Waals surface area (Å²) in [6.07, 6.45) is 3.32. The van der Waals surface area contributed by atoms with Gasteiger partial charge in [0, 0.05) is 17.6 Å². The summed E-state index contributed by atoms with van der Waals surface area (Å²) in [4.78, 5) is 19.0. The molecule has 22 heavy (non-hydrogen) atoms. The molecule has 2 aliphatic rings. The summed E-state index contributed by atoms with van der Waals surface area (Å²) >= 11 is 1.41. The highest BCUT2D eigenvalue weighted by Gasteiger charge is 2.31. The Morgan fingerprint density at radius 2 is 2.23 bits per heavy atom. The molecule has 1 fully saturated rings. The number of rotatable bonds is 4. The van der Waals surface area contributed by atoms with E-state index in [2.05, 4.69) is 28.2 Å². The monoisotopic (exact) mass is 314 g/mol. The molecule has 2 heterocycles. The predicted octanol–water partition coefficient (Wildman–Crippen LogP) is 2.75. The summed E-state index contributed by atoms with van der Waals surface area (Å²) < 4.78 is 0. The summed E-state index contributed by atoms with van der Waals surface area (Å²) in [6.45, 7) is 2.10. The van der Waals surface area contributed by atoms with Crippen LogP contribution in [0.5, 0.6) is 0 Å². The van der Waals surface area contributed by atoms with E-state index in [0.717, 1.165) is 17.9 Å². The number of nitrogens with one attached hydrogen (secondary N) is 1. The number of benzene rings is 1. The maximum atomic E-state index is 12.6. The third-order valence-corrected chi connectivity index (χ3v) is 5.08. The van der Waals surface area contributed by atoms with Crippen molar-refractivity contribution in [3.05, 3.63) is 35.7 Å². The first-order valence-electron chi connectivity index (χ1n) is 7.67. The number of H-pyrrole nitrogens is 1. The molecule has 4 rings (SSSR count). The average molecular weight is 314 g/mol. The van der Waals surface area contributed by atoms with Crippen molar-refractivity contribution in [3.8, 4) is 0 Å². The first kappa shape index (κ1) is 13.8. The van der Waals surface area contributed by atoms with Crippen molar-refractivity contribution in [2.75, 3.05) is 10.7 Å². The van der Waals surface area contributed by atoms with Crippen LogP contribution in [0.4, 0.5) is 5.69 Å². The van der Waals surface area contributed by atoms with E-state index in [1.165, 1.54) is 30.2 Å². The summed E-state index contributed by atoms with van der Waals surface area (Å²) in [5.74, 6) is 2.03. The molecule has 0 bridgehead atoms. The van der Waals surface area contributed by atoms with Gasteiger partial charge >= 0.3 is 0 Å². The highest BCUT2D eigenvalue weighted by molar-refractivity contribution is 7.99. The zero-order valence-electron chi connectivity index (χ0n) is 12.5. The molecular formula is C16H18N4OS. The molecule has 0 spiro atoms. The lowest BCUT2D eigenvalue weighted by atomic mass is 10.1. The van der Waals surface area contributed by atoms with Crippen LogP contribution in [0.1, 0.15) is 37.1 Å². The van der Waals surface area contributed by atoms with Gasteiger partial charge in [-0.1, -0.05) is 30.0 Å². The zero-order valence-corrected chi connectivity index (χ0v) is 13.3. The second-order valence-electron chi connectivity index (χ2n) is 6.01. The van der Waals surface area contributed by atoms with Crippen molar-refractivity contribution in [1.29, 1.82) is 0 Å². The summed E-state index contributed by atoms with van der Waals surface area (Å²) in [7, 11) is 0. The van der Waals surface area contributed by atoms with E-state index in [9.17, 15) is 4.79 Å². The van der Waals surface area contributed by atoms with Gasteiger partial charge in [-0.2, -0.15) is 0 Å². The number of amides is 1. The molecule has 0 unspecified atom stereocenters. The van der Waals surface area contributed by atoms with Gasteiger partial charge in [-0.15, -0.1) is 5.10 Å². The van der Waals surface area contributed by atoms with Crippen molar-refractivity contribution < 1.29 is 4.79 Å². The van der Waals surface area contributed by atoms with Crippen LogP contribution in [0.2, 0.25) is 0 Å². The molecule has 1 saturated carbocycles. The summed E-state index contributed by atoms with van der Waals surface area (Å²) in [5.41, 5.74) is 2.30. The van der Waals surface area contributed by atoms with Gasteiger partial charge in [-0.3, -0.25) is 9.89 Å². The standard InChI is InChI=1S/C16H18N4OS/c1-10-8-12-4-2-3-5-13(12)20(10)14(21)9-22-16-17-15(18-19-16)11-6-7-11/h2-5,10-11H,6-9H2,1H3,(H,17,18,19)/t10-/m0/s1. The Labute approximate surface area is 133 Å². The molecule has 1 aromatic carbocycles. The Bertz CT molecular complexity index is 710. The Kier molecular flexibility index (Phi) is 3.41. The van der Waals surface area contributed by atoms with Crippen LogP contribution in [-0.2, 0) is 11.2 Å². The predicted molar refractivity (Wildman–Crippen MR) is 86.2 cm³/mol. The molecule has 1 N–H and O–H groups in total. The molecule has 0 saturated heterocycles. The first-order chi connectivity index (χ1) is 10.7. The second kappa shape index (κ2) is 5.43. The van der Waals surface area contributed by atoms with E-state index in [1.807, 2.05) is 23.1 Å². The number of hydrogen-bond donors (Lipinski definition) is 1. The number of aromatic amines is 1. The van der Waals surface area contributed by atoms with Crippen molar-refractivity contribution in [2.45, 2.75) is 43.3 Å². The van der Waals surface area contributed by atoms with E-state index in [4.69, 9.17) is 0 Å². The number of fused-ring (bicyclic) bond motifs is 1. The van der Waals surface area contributed by atoms with Crippen LogP contribution in [0.15, 0.2) is 29.4 Å². The molecule has 1 aliphatic carbocycles. The van der Waals surface area contributed by atoms with Crippen LogP contribution >= 0.6 is 11.8 Å². The number of anilines is 1. The van der Waals surface area contributed by atoms with Crippen molar-refractivity contribution in [1.82, 2.24) is 15.2 Å². The number of carbonyl (C=O) groups is 1. The largest absolute Gasteiger partial charge is 0.308 e. The van der Waals surface area contributed by atoms with Gasteiger partial charge in [0.15, 0.2) is 0 Å². The lowest BCUT2D eigenvalue weighted by molar-refractivity contribution is -0.116. The fraction of sp³-hybridized carbons (Fsp3) is 0.438. The van der Waals surface area contributed by atoms with Gasteiger partial charge in [0.25, 0.3) is 0 Å². The molecule has 1 amide bonds. The second-order valence-corrected chi connectivity index (χ2v) is 6.95. The SMILES string of the molecule is C[C@H]1Cc2ccccc2N1C(=O)CSc1n[nH]c(C2CC2)n1. The fourth-order valence-electron chi connectivity index (χ4n) is 3.00. The van der Waals surface area contributed by atoms with E-state index in [0.29, 0.717) is 16.8 Å². The molecule has 1 aromatic heterocycles. The van der Waals surface area contributed by atoms with Crippen molar-refractivity contribution >= 4 is 23.4 Å². The third-order valence-electron chi connectivity index (χ3n) is 4.25. The van der Waals surface area contributed by atoms with Crippen LogP contribution < -0.4 is 4.90 Å². The van der Waals surface area contributed by atoms with Crippen LogP contribution in [0.3, 0.4) is 0 Å². The summed E-state index contributed by atoms with van der Waals surface area (Å²) in [5, 5.41) is 7.85. The van der Waals surface area contributed by atoms with Crippen LogP contribution in [0.25, 0.3) is 0 Å². The van der Waals surface area contributed by atoms with E-state index >= 15 is 0 Å². The summed E-state index contributed by atoms with van der Waals surface area (Å²) in [6, 6.07) is 8.37. The van der Waals surface area contributed by atoms with E-state index in [1.54, 1.807) is 0 Å². The molecule has 5 nitrogen and oxygen atoms in total. The number of hydrogen-bond acceptors (Lipinski definition) is 4. The van der Waals surface area contributed by atoms with Crippen molar-refractivity contribution in [3.63, 3.8) is 0 Å². The number of nitrogens with zero attached hydrogens (tertiary/aromatic N) is 3. The Balaban J connectivity index is 1.43. The molecule has 114 valence electrons. The minimum Gasteiger partial charge on any atom is -0.308 e. The number of thioether (sulfide) groups is 1. The van der Waals surface area contributed by atoms with Crippen molar-refractivity contribution in [2.24, 2.45) is 0 Å². The maximum absolute atomic E-state index is 12.6. The van der Waals surface area contributed by atoms with Gasteiger partial charge in [-0.25, -0.2) is 4.98 Å². The molecule has 6 heteroatoms. The molecule has 0 radical (unpaired) electrons. The maximum Gasteiger partial charge on any atom is 0.237 e. The quantitative estimate of drug-likeness (QED) is 0.882. The van der Waals surface area contributed by atoms with Crippen LogP contribution in [-0.4, -0.2) is 32.9 Å². The first-order valence-corrected chi connectivity index (χ1v) is 8.66. The lowest BCUT2D eigenvalue weighted by Gasteiger charge is -2.22. The van der Waals surface area contributed by atoms with Gasteiger partial charge in [0.05, 0.1) is 5.75 Å². The molecule has 2 aromatic rings. The normalized spacial score (nSPS) is 20.2. The van der Waals surface area contributed by atoms with Gasteiger partial charge < -0.3 is 4.90 Å². The third kappa shape index (κ3) is 2.52. The molecular weight excluding hydrogens is 296 g/mol. The number of carbonyl (C=O) groups excluding carboxylic acids is 1. The van der Waals surface area contributed by atoms with Gasteiger partial charge in [0.1, 0.15) is 5.82 Å². The van der Waals surface area contributed by atoms with Gasteiger partial charge in [0.2, 0.25) is 11.1 Å². The van der Waals surface area contributed by atoms with E-state index in [-0.39, 0.29) is 11.9 Å². The highest BCUT2D eigenvalue weighted by Crippen LogP contribution is 2.38. The Morgan fingerprint density at radius 3 is 3.05 bits per heavy atom. The molecule has 1 atom stereocenters. The topological polar surface area (TPSA) is 61.9 Å².